The molecule has 1 aliphatic carbocycles. The van der Waals surface area contributed by atoms with Crippen LogP contribution in [0.3, 0.4) is 0 Å². The van der Waals surface area contributed by atoms with Gasteiger partial charge >= 0.3 is 0 Å². The first kappa shape index (κ1) is 23.0. The third-order valence-electron chi connectivity index (χ3n) is 5.75. The fourth-order valence-electron chi connectivity index (χ4n) is 3.39. The number of H-pyrrole nitrogens is 1. The Kier molecular flexibility index (Phi) is 7.43. The first-order valence-electron chi connectivity index (χ1n) is 11.8. The van der Waals surface area contributed by atoms with Crippen LogP contribution in [-0.4, -0.2) is 56.9 Å². The number of nitrogens with one attached hydrogen (secondary N) is 4. The summed E-state index contributed by atoms with van der Waals surface area (Å²) in [6.07, 6.45) is 3.48. The number of rotatable bonds is 13. The van der Waals surface area contributed by atoms with Crippen molar-refractivity contribution in [3.63, 3.8) is 0 Å². The first-order chi connectivity index (χ1) is 16.0. The van der Waals surface area contributed by atoms with Gasteiger partial charge in [0.05, 0.1) is 12.2 Å². The molecule has 0 saturated heterocycles. The van der Waals surface area contributed by atoms with Gasteiger partial charge in [0, 0.05) is 36.4 Å². The van der Waals surface area contributed by atoms with E-state index in [9.17, 15) is 0 Å². The van der Waals surface area contributed by atoms with E-state index in [4.69, 9.17) is 4.52 Å². The Morgan fingerprint density at radius 3 is 2.67 bits per heavy atom. The molecule has 0 aromatic carbocycles. The standard InChI is InChI=1S/C23H35N9O/c1-5-32(4)10-6-9-24-20-13-21(26-22-12-19(29-30-22)16-7-8-16)28-23(27-20)25-14-17-11-18(15(2)3)31-33-17/h11-13,15-16H,5-10,14H2,1-4H3,(H4,24,25,26,27,28,29,30). The van der Waals surface area contributed by atoms with Gasteiger partial charge in [-0.15, -0.1) is 0 Å². The molecule has 3 aromatic heterocycles. The van der Waals surface area contributed by atoms with Crippen LogP contribution in [0.1, 0.15) is 69.0 Å². The van der Waals surface area contributed by atoms with Gasteiger partial charge in [-0.2, -0.15) is 15.1 Å². The number of aromatic amines is 1. The van der Waals surface area contributed by atoms with Crippen molar-refractivity contribution in [1.82, 2.24) is 30.2 Å². The number of nitrogens with zero attached hydrogens (tertiary/aromatic N) is 5. The van der Waals surface area contributed by atoms with Gasteiger partial charge in [0.15, 0.2) is 11.6 Å². The highest BCUT2D eigenvalue weighted by Crippen LogP contribution is 2.39. The van der Waals surface area contributed by atoms with Crippen LogP contribution in [0.5, 0.6) is 0 Å². The molecule has 33 heavy (non-hydrogen) atoms. The number of anilines is 4. The highest BCUT2D eigenvalue weighted by atomic mass is 16.5. The molecule has 10 nitrogen and oxygen atoms in total. The van der Waals surface area contributed by atoms with E-state index < -0.39 is 0 Å². The average molecular weight is 454 g/mol. The largest absolute Gasteiger partial charge is 0.370 e. The van der Waals surface area contributed by atoms with E-state index in [0.717, 1.165) is 49.1 Å². The summed E-state index contributed by atoms with van der Waals surface area (Å²) in [4.78, 5) is 11.6. The van der Waals surface area contributed by atoms with Crippen molar-refractivity contribution in [3.05, 3.63) is 35.3 Å². The number of hydrogen-bond acceptors (Lipinski definition) is 9. The van der Waals surface area contributed by atoms with E-state index in [0.29, 0.717) is 30.1 Å². The van der Waals surface area contributed by atoms with Crippen molar-refractivity contribution in [1.29, 1.82) is 0 Å². The van der Waals surface area contributed by atoms with Crippen LogP contribution in [0.2, 0.25) is 0 Å². The van der Waals surface area contributed by atoms with Gasteiger partial charge in [0.1, 0.15) is 11.6 Å². The molecule has 4 N–H and O–H groups in total. The minimum Gasteiger partial charge on any atom is -0.370 e. The Morgan fingerprint density at radius 1 is 1.12 bits per heavy atom. The molecule has 3 aromatic rings. The van der Waals surface area contributed by atoms with Crippen molar-refractivity contribution >= 4 is 23.4 Å². The number of hydrogen-bond donors (Lipinski definition) is 4. The quantitative estimate of drug-likeness (QED) is 0.281. The molecule has 1 saturated carbocycles. The third kappa shape index (κ3) is 6.67. The SMILES string of the molecule is CCN(C)CCCNc1cc(Nc2cc(C3CC3)[nH]n2)nc(NCc2cc(C(C)C)no2)n1. The predicted molar refractivity (Wildman–Crippen MR) is 130 cm³/mol. The van der Waals surface area contributed by atoms with Crippen LogP contribution < -0.4 is 16.0 Å². The van der Waals surface area contributed by atoms with Crippen LogP contribution >= 0.6 is 0 Å². The second kappa shape index (κ2) is 10.7. The van der Waals surface area contributed by atoms with Crippen LogP contribution in [0.25, 0.3) is 0 Å². The maximum absolute atomic E-state index is 5.43. The Morgan fingerprint density at radius 2 is 1.94 bits per heavy atom. The highest BCUT2D eigenvalue weighted by Gasteiger charge is 2.25. The predicted octanol–water partition coefficient (Wildman–Crippen LogP) is 4.30. The number of aromatic nitrogens is 5. The zero-order valence-corrected chi connectivity index (χ0v) is 20.0. The van der Waals surface area contributed by atoms with E-state index in [1.54, 1.807) is 0 Å². The van der Waals surface area contributed by atoms with Gasteiger partial charge in [-0.25, -0.2) is 0 Å². The summed E-state index contributed by atoms with van der Waals surface area (Å²) in [6.45, 7) is 9.71. The van der Waals surface area contributed by atoms with E-state index in [-0.39, 0.29) is 0 Å². The second-order valence-corrected chi connectivity index (χ2v) is 8.97. The van der Waals surface area contributed by atoms with E-state index in [1.165, 1.54) is 18.5 Å². The smallest absolute Gasteiger partial charge is 0.227 e. The molecular weight excluding hydrogens is 418 g/mol. The Bertz CT molecular complexity index is 1020. The van der Waals surface area contributed by atoms with Crippen LogP contribution in [0.15, 0.2) is 22.7 Å². The summed E-state index contributed by atoms with van der Waals surface area (Å²) < 4.78 is 5.43. The molecule has 0 radical (unpaired) electrons. The van der Waals surface area contributed by atoms with Crippen LogP contribution in [0, 0.1) is 0 Å². The van der Waals surface area contributed by atoms with Crippen molar-refractivity contribution in [2.45, 2.75) is 58.4 Å². The third-order valence-corrected chi connectivity index (χ3v) is 5.75. The second-order valence-electron chi connectivity index (χ2n) is 8.97. The lowest BCUT2D eigenvalue weighted by atomic mass is 10.1. The van der Waals surface area contributed by atoms with Crippen molar-refractivity contribution in [2.75, 3.05) is 42.6 Å². The van der Waals surface area contributed by atoms with Gasteiger partial charge in [-0.05, 0) is 45.3 Å². The van der Waals surface area contributed by atoms with Gasteiger partial charge in [-0.3, -0.25) is 5.10 Å². The summed E-state index contributed by atoms with van der Waals surface area (Å²) in [5.41, 5.74) is 2.11. The molecule has 0 bridgehead atoms. The monoisotopic (exact) mass is 453 g/mol. The minimum atomic E-state index is 0.322. The zero-order chi connectivity index (χ0) is 23.2. The molecule has 0 amide bonds. The molecule has 1 aliphatic rings. The topological polar surface area (TPSA) is 120 Å². The molecule has 178 valence electrons. The minimum absolute atomic E-state index is 0.322. The fraction of sp³-hybridized carbons (Fsp3) is 0.565. The maximum atomic E-state index is 5.43. The molecule has 0 aliphatic heterocycles. The summed E-state index contributed by atoms with van der Waals surface area (Å²) in [5, 5.41) is 21.6. The molecule has 0 unspecified atom stereocenters. The molecule has 1 fully saturated rings. The Balaban J connectivity index is 1.43. The van der Waals surface area contributed by atoms with Crippen LogP contribution in [-0.2, 0) is 6.54 Å². The van der Waals surface area contributed by atoms with Crippen molar-refractivity contribution in [2.24, 2.45) is 0 Å². The maximum Gasteiger partial charge on any atom is 0.227 e. The van der Waals surface area contributed by atoms with E-state index in [2.05, 4.69) is 80.1 Å². The summed E-state index contributed by atoms with van der Waals surface area (Å²) in [6, 6.07) is 5.93. The van der Waals surface area contributed by atoms with Crippen LogP contribution in [0.4, 0.5) is 23.4 Å². The van der Waals surface area contributed by atoms with Crippen molar-refractivity contribution < 1.29 is 4.52 Å². The van der Waals surface area contributed by atoms with Gasteiger partial charge in [0.2, 0.25) is 5.95 Å². The lowest BCUT2D eigenvalue weighted by Gasteiger charge is -2.14. The molecule has 0 atom stereocenters. The normalized spacial score (nSPS) is 13.6. The lowest BCUT2D eigenvalue weighted by molar-refractivity contribution is 0.351. The zero-order valence-electron chi connectivity index (χ0n) is 20.0. The lowest BCUT2D eigenvalue weighted by Crippen LogP contribution is -2.21. The van der Waals surface area contributed by atoms with E-state index >= 15 is 0 Å². The molecule has 10 heteroatoms. The summed E-state index contributed by atoms with van der Waals surface area (Å²) in [5.74, 6) is 4.39. The molecular formula is C23H35N9O. The van der Waals surface area contributed by atoms with Gasteiger partial charge < -0.3 is 25.4 Å². The van der Waals surface area contributed by atoms with Crippen molar-refractivity contribution in [3.8, 4) is 0 Å². The van der Waals surface area contributed by atoms with Gasteiger partial charge in [-0.1, -0.05) is 25.9 Å². The highest BCUT2D eigenvalue weighted by molar-refractivity contribution is 5.59. The summed E-state index contributed by atoms with van der Waals surface area (Å²) >= 11 is 0. The fourth-order valence-corrected chi connectivity index (χ4v) is 3.39. The average Bonchev–Trinajstić information content (AvgIpc) is 3.35. The molecule has 3 heterocycles. The Labute approximate surface area is 194 Å². The van der Waals surface area contributed by atoms with Gasteiger partial charge in [0.25, 0.3) is 0 Å². The summed E-state index contributed by atoms with van der Waals surface area (Å²) in [7, 11) is 2.13. The van der Waals surface area contributed by atoms with E-state index in [1.807, 2.05) is 12.1 Å². The first-order valence-corrected chi connectivity index (χ1v) is 11.8. The Hall–Kier alpha value is -3.14. The molecule has 4 rings (SSSR count). The molecule has 0 spiro atoms.